The van der Waals surface area contributed by atoms with Crippen molar-refractivity contribution >= 4 is 24.1 Å². The number of hydrogen-bond donors (Lipinski definition) is 2. The van der Waals surface area contributed by atoms with Crippen LogP contribution in [0.25, 0.3) is 0 Å². The number of hydrogen-bond acceptors (Lipinski definition) is 4. The number of unbranched alkanes of at least 4 members (excludes halogenated alkanes) is 12. The number of carboxylic acid groups (broad SMARTS) is 2. The fraction of sp³-hybridized carbons (Fsp3) is 0.643. The molecule has 0 heterocycles. The van der Waals surface area contributed by atoms with Gasteiger partial charge in [-0.2, -0.15) is 0 Å². The number of amides is 1. The first-order valence-electron chi connectivity index (χ1n) is 13.2. The lowest BCUT2D eigenvalue weighted by molar-refractivity contribution is -0.139. The van der Waals surface area contributed by atoms with E-state index in [9.17, 15) is 19.2 Å². The normalized spacial score (nSPS) is 10.7. The molecule has 0 aliphatic carbocycles. The second-order valence-corrected chi connectivity index (χ2v) is 9.31. The van der Waals surface area contributed by atoms with Gasteiger partial charge in [-0.05, 0) is 18.4 Å². The second-order valence-electron chi connectivity index (χ2n) is 9.31. The van der Waals surface area contributed by atoms with Crippen LogP contribution in [-0.4, -0.2) is 45.8 Å². The van der Waals surface area contributed by atoms with Gasteiger partial charge in [0, 0.05) is 31.5 Å². The fourth-order valence-electron chi connectivity index (χ4n) is 4.10. The van der Waals surface area contributed by atoms with Crippen molar-refractivity contribution in [1.29, 1.82) is 0 Å². The van der Waals surface area contributed by atoms with Crippen LogP contribution in [0.1, 0.15) is 119 Å². The quantitative estimate of drug-likeness (QED) is 0.147. The molecule has 0 aliphatic rings. The van der Waals surface area contributed by atoms with Gasteiger partial charge in [0.1, 0.15) is 6.29 Å². The van der Waals surface area contributed by atoms with Crippen molar-refractivity contribution in [3.63, 3.8) is 0 Å². The van der Waals surface area contributed by atoms with E-state index in [1.54, 1.807) is 29.2 Å². The van der Waals surface area contributed by atoms with Gasteiger partial charge < -0.3 is 15.1 Å². The highest BCUT2D eigenvalue weighted by Crippen LogP contribution is 2.15. The third-order valence-corrected chi connectivity index (χ3v) is 6.22. The highest BCUT2D eigenvalue weighted by molar-refractivity contribution is 5.77. The zero-order chi connectivity index (χ0) is 25.7. The van der Waals surface area contributed by atoms with Crippen molar-refractivity contribution in [1.82, 2.24) is 4.90 Å². The summed E-state index contributed by atoms with van der Waals surface area (Å²) in [7, 11) is 0. The SMILES string of the molecule is O=Cc1ccc(CN(CCC(=O)O)C(=O)CCCCCCCCCCCCCCCC(=O)O)cc1. The molecule has 0 radical (unpaired) electrons. The van der Waals surface area contributed by atoms with Crippen LogP contribution in [0.4, 0.5) is 0 Å². The van der Waals surface area contributed by atoms with Gasteiger partial charge in [0.25, 0.3) is 0 Å². The summed E-state index contributed by atoms with van der Waals surface area (Å²) in [4.78, 5) is 46.5. The molecule has 1 rings (SSSR count). The van der Waals surface area contributed by atoms with E-state index < -0.39 is 11.9 Å². The van der Waals surface area contributed by atoms with Crippen LogP contribution in [0.15, 0.2) is 24.3 Å². The van der Waals surface area contributed by atoms with E-state index >= 15 is 0 Å². The van der Waals surface area contributed by atoms with Crippen molar-refractivity contribution in [2.45, 2.75) is 109 Å². The lowest BCUT2D eigenvalue weighted by atomic mass is 10.0. The summed E-state index contributed by atoms with van der Waals surface area (Å²) in [5.74, 6) is -1.64. The summed E-state index contributed by atoms with van der Waals surface area (Å²) in [6.45, 7) is 0.541. The minimum Gasteiger partial charge on any atom is -0.481 e. The number of nitrogens with zero attached hydrogens (tertiary/aromatic N) is 1. The largest absolute Gasteiger partial charge is 0.481 e. The predicted molar refractivity (Wildman–Crippen MR) is 136 cm³/mol. The molecule has 0 saturated heterocycles. The minimum absolute atomic E-state index is 0.0197. The average molecular weight is 490 g/mol. The van der Waals surface area contributed by atoms with Crippen molar-refractivity contribution < 1.29 is 29.4 Å². The van der Waals surface area contributed by atoms with Gasteiger partial charge in [0.2, 0.25) is 5.91 Å². The van der Waals surface area contributed by atoms with E-state index in [1.807, 2.05) is 0 Å². The van der Waals surface area contributed by atoms with E-state index in [0.717, 1.165) is 50.4 Å². The number of rotatable bonds is 22. The molecule has 0 fully saturated rings. The molecule has 196 valence electrons. The number of carbonyl (C=O) groups excluding carboxylic acids is 2. The zero-order valence-electron chi connectivity index (χ0n) is 21.1. The topological polar surface area (TPSA) is 112 Å². The zero-order valence-corrected chi connectivity index (χ0v) is 21.1. The molecule has 0 atom stereocenters. The van der Waals surface area contributed by atoms with Gasteiger partial charge in [-0.25, -0.2) is 0 Å². The minimum atomic E-state index is -0.921. The van der Waals surface area contributed by atoms with Gasteiger partial charge in [-0.3, -0.25) is 19.2 Å². The van der Waals surface area contributed by atoms with Gasteiger partial charge >= 0.3 is 11.9 Å². The van der Waals surface area contributed by atoms with Crippen LogP contribution in [-0.2, 0) is 20.9 Å². The molecule has 0 unspecified atom stereocenters. The van der Waals surface area contributed by atoms with Crippen LogP contribution < -0.4 is 0 Å². The standard InChI is InChI=1S/C28H43NO6/c30-23-25-18-16-24(17-19-25)22-29(21-20-28(34)35)26(31)14-12-10-8-6-4-2-1-3-5-7-9-11-13-15-27(32)33/h16-19,23H,1-15,20-22H2,(H,32,33)(H,34,35). The van der Waals surface area contributed by atoms with Crippen molar-refractivity contribution in [3.05, 3.63) is 35.4 Å². The lowest BCUT2D eigenvalue weighted by Gasteiger charge is -2.22. The summed E-state index contributed by atoms with van der Waals surface area (Å²) in [5, 5.41) is 17.6. The fourth-order valence-corrected chi connectivity index (χ4v) is 4.10. The maximum Gasteiger partial charge on any atom is 0.305 e. The molecule has 0 saturated carbocycles. The first-order valence-corrected chi connectivity index (χ1v) is 13.2. The summed E-state index contributed by atoms with van der Waals surface area (Å²) < 4.78 is 0. The van der Waals surface area contributed by atoms with Crippen molar-refractivity contribution in [2.75, 3.05) is 6.54 Å². The van der Waals surface area contributed by atoms with Gasteiger partial charge in [-0.1, -0.05) is 94.9 Å². The molecule has 0 aromatic heterocycles. The van der Waals surface area contributed by atoms with Gasteiger partial charge in [0.15, 0.2) is 0 Å². The Morgan fingerprint density at radius 2 is 1.06 bits per heavy atom. The van der Waals surface area contributed by atoms with Crippen LogP contribution >= 0.6 is 0 Å². The number of carbonyl (C=O) groups is 4. The molecular formula is C28H43NO6. The Balaban J connectivity index is 2.11. The van der Waals surface area contributed by atoms with Crippen LogP contribution in [0, 0.1) is 0 Å². The molecule has 35 heavy (non-hydrogen) atoms. The van der Waals surface area contributed by atoms with Crippen LogP contribution in [0.5, 0.6) is 0 Å². The van der Waals surface area contributed by atoms with Crippen molar-refractivity contribution in [3.8, 4) is 0 Å². The maximum atomic E-state index is 12.7. The smallest absolute Gasteiger partial charge is 0.305 e. The number of carboxylic acids is 2. The maximum absolute atomic E-state index is 12.7. The molecule has 1 aromatic rings. The molecule has 2 N–H and O–H groups in total. The summed E-state index contributed by atoms with van der Waals surface area (Å²) in [6, 6.07) is 7.00. The predicted octanol–water partition coefficient (Wildman–Crippen LogP) is 6.24. The molecule has 1 aromatic carbocycles. The Bertz CT molecular complexity index is 746. The monoisotopic (exact) mass is 489 g/mol. The Hall–Kier alpha value is -2.70. The van der Waals surface area contributed by atoms with Crippen molar-refractivity contribution in [2.24, 2.45) is 0 Å². The first-order chi connectivity index (χ1) is 16.9. The van der Waals surface area contributed by atoms with Crippen LogP contribution in [0.2, 0.25) is 0 Å². The van der Waals surface area contributed by atoms with E-state index in [4.69, 9.17) is 10.2 Å². The molecule has 1 amide bonds. The van der Waals surface area contributed by atoms with Gasteiger partial charge in [0.05, 0.1) is 6.42 Å². The third kappa shape index (κ3) is 16.5. The van der Waals surface area contributed by atoms with E-state index in [-0.39, 0.29) is 25.3 Å². The number of aldehydes is 1. The summed E-state index contributed by atoms with van der Waals surface area (Å²) in [5.41, 5.74) is 1.45. The molecule has 0 bridgehead atoms. The van der Waals surface area contributed by atoms with Crippen LogP contribution in [0.3, 0.4) is 0 Å². The highest BCUT2D eigenvalue weighted by atomic mass is 16.4. The highest BCUT2D eigenvalue weighted by Gasteiger charge is 2.15. The Labute approximate surface area is 209 Å². The average Bonchev–Trinajstić information content (AvgIpc) is 2.84. The van der Waals surface area contributed by atoms with E-state index in [1.165, 1.54) is 44.9 Å². The molecule has 7 nitrogen and oxygen atoms in total. The molecular weight excluding hydrogens is 446 g/mol. The summed E-state index contributed by atoms with van der Waals surface area (Å²) in [6.07, 6.45) is 15.8. The second kappa shape index (κ2) is 19.6. The van der Waals surface area contributed by atoms with E-state index in [2.05, 4.69) is 0 Å². The van der Waals surface area contributed by atoms with E-state index in [0.29, 0.717) is 18.5 Å². The number of benzene rings is 1. The summed E-state index contributed by atoms with van der Waals surface area (Å²) >= 11 is 0. The number of aliphatic carboxylic acids is 2. The molecule has 0 spiro atoms. The van der Waals surface area contributed by atoms with Gasteiger partial charge in [-0.15, -0.1) is 0 Å². The lowest BCUT2D eigenvalue weighted by Crippen LogP contribution is -2.32. The molecule has 7 heteroatoms. The Morgan fingerprint density at radius 3 is 1.49 bits per heavy atom. The third-order valence-electron chi connectivity index (χ3n) is 6.22. The Morgan fingerprint density at radius 1 is 0.629 bits per heavy atom. The Kier molecular flexibility index (Phi) is 17.0. The first kappa shape index (κ1) is 30.3. The molecule has 0 aliphatic heterocycles.